The molecule has 0 amide bonds. The molecule has 0 saturated heterocycles. The summed E-state index contributed by atoms with van der Waals surface area (Å²) >= 11 is 0. The van der Waals surface area contributed by atoms with E-state index in [2.05, 4.69) is 15.3 Å². The third-order valence-corrected chi connectivity index (χ3v) is 4.43. The Morgan fingerprint density at radius 2 is 1.55 bits per heavy atom. The monoisotopic (exact) mass is 387 g/mol. The van der Waals surface area contributed by atoms with Crippen molar-refractivity contribution in [2.75, 3.05) is 19.5 Å². The van der Waals surface area contributed by atoms with E-state index in [1.807, 2.05) is 67.6 Å². The molecule has 1 N–H and O–H groups in total. The van der Waals surface area contributed by atoms with E-state index >= 15 is 0 Å². The fraction of sp³-hybridized carbons (Fsp3) is 0.130. The van der Waals surface area contributed by atoms with Crippen LogP contribution in [-0.2, 0) is 0 Å². The lowest BCUT2D eigenvalue weighted by atomic mass is 10.2. The number of rotatable bonds is 6. The Balaban J connectivity index is 1.69. The number of methoxy groups -OCH3 is 2. The molecule has 0 aliphatic carbocycles. The SMILES string of the molecule is COc1cc2ncnc(Nc3cc(C)cc(Oc4ccccc4)c3)c2cc1OC. The lowest BCUT2D eigenvalue weighted by molar-refractivity contribution is 0.356. The fourth-order valence-corrected chi connectivity index (χ4v) is 3.12. The minimum absolute atomic E-state index is 0.621. The predicted octanol–water partition coefficient (Wildman–Crippen LogP) is 5.49. The Labute approximate surface area is 169 Å². The third kappa shape index (κ3) is 4.06. The minimum Gasteiger partial charge on any atom is -0.493 e. The fourth-order valence-electron chi connectivity index (χ4n) is 3.12. The molecule has 0 unspecified atom stereocenters. The molecule has 6 heteroatoms. The zero-order chi connectivity index (χ0) is 20.2. The van der Waals surface area contributed by atoms with Crippen molar-refractivity contribution in [3.8, 4) is 23.0 Å². The smallest absolute Gasteiger partial charge is 0.162 e. The van der Waals surface area contributed by atoms with Gasteiger partial charge >= 0.3 is 0 Å². The number of para-hydroxylation sites is 1. The molecule has 6 nitrogen and oxygen atoms in total. The molecule has 3 aromatic carbocycles. The lowest BCUT2D eigenvalue weighted by Gasteiger charge is -2.13. The minimum atomic E-state index is 0.621. The van der Waals surface area contributed by atoms with Crippen LogP contribution in [0.25, 0.3) is 10.9 Å². The average molecular weight is 387 g/mol. The van der Waals surface area contributed by atoms with Crippen LogP contribution >= 0.6 is 0 Å². The predicted molar refractivity (Wildman–Crippen MR) is 114 cm³/mol. The van der Waals surface area contributed by atoms with Crippen molar-refractivity contribution in [3.05, 3.63) is 72.6 Å². The van der Waals surface area contributed by atoms with Gasteiger partial charge in [-0.05, 0) is 42.8 Å². The molecular formula is C23H21N3O3. The van der Waals surface area contributed by atoms with Crippen LogP contribution in [0.5, 0.6) is 23.0 Å². The van der Waals surface area contributed by atoms with Crippen molar-refractivity contribution in [3.63, 3.8) is 0 Å². The Morgan fingerprint density at radius 3 is 2.31 bits per heavy atom. The van der Waals surface area contributed by atoms with E-state index in [1.165, 1.54) is 6.33 Å². The Kier molecular flexibility index (Phi) is 5.16. The number of aromatic nitrogens is 2. The Hall–Kier alpha value is -3.80. The summed E-state index contributed by atoms with van der Waals surface area (Å²) in [5.41, 5.74) is 2.69. The number of aryl methyl sites for hydroxylation is 1. The van der Waals surface area contributed by atoms with Gasteiger partial charge in [0.2, 0.25) is 0 Å². The van der Waals surface area contributed by atoms with Gasteiger partial charge in [-0.15, -0.1) is 0 Å². The second kappa shape index (κ2) is 8.06. The van der Waals surface area contributed by atoms with Crippen molar-refractivity contribution >= 4 is 22.4 Å². The van der Waals surface area contributed by atoms with E-state index in [9.17, 15) is 0 Å². The van der Waals surface area contributed by atoms with Crippen LogP contribution in [0.3, 0.4) is 0 Å². The zero-order valence-electron chi connectivity index (χ0n) is 16.5. The number of ether oxygens (including phenoxy) is 3. The Bertz CT molecular complexity index is 1150. The molecule has 4 aromatic rings. The molecule has 0 spiro atoms. The molecule has 0 bridgehead atoms. The molecule has 4 rings (SSSR count). The molecule has 1 heterocycles. The number of anilines is 2. The molecule has 1 aromatic heterocycles. The van der Waals surface area contributed by atoms with Crippen LogP contribution in [-0.4, -0.2) is 24.2 Å². The molecule has 0 radical (unpaired) electrons. The quantitative estimate of drug-likeness (QED) is 0.472. The van der Waals surface area contributed by atoms with E-state index < -0.39 is 0 Å². The van der Waals surface area contributed by atoms with Crippen molar-refractivity contribution in [1.82, 2.24) is 9.97 Å². The number of nitrogens with zero attached hydrogens (tertiary/aromatic N) is 2. The first-order chi connectivity index (χ1) is 14.2. The number of hydrogen-bond acceptors (Lipinski definition) is 6. The molecule has 0 saturated carbocycles. The van der Waals surface area contributed by atoms with Crippen LogP contribution in [0.2, 0.25) is 0 Å². The van der Waals surface area contributed by atoms with Crippen molar-refractivity contribution < 1.29 is 14.2 Å². The van der Waals surface area contributed by atoms with Gasteiger partial charge in [0.25, 0.3) is 0 Å². The maximum atomic E-state index is 5.98. The van der Waals surface area contributed by atoms with Crippen LogP contribution < -0.4 is 19.5 Å². The summed E-state index contributed by atoms with van der Waals surface area (Å²) in [6.07, 6.45) is 1.52. The molecule has 0 fully saturated rings. The van der Waals surface area contributed by atoms with Crippen LogP contribution in [0.15, 0.2) is 67.0 Å². The highest BCUT2D eigenvalue weighted by molar-refractivity contribution is 5.93. The maximum Gasteiger partial charge on any atom is 0.162 e. The van der Waals surface area contributed by atoms with E-state index in [0.29, 0.717) is 17.3 Å². The summed E-state index contributed by atoms with van der Waals surface area (Å²) in [6.45, 7) is 2.02. The maximum absolute atomic E-state index is 5.98. The largest absolute Gasteiger partial charge is 0.493 e. The zero-order valence-corrected chi connectivity index (χ0v) is 16.5. The van der Waals surface area contributed by atoms with Crippen molar-refractivity contribution in [2.45, 2.75) is 6.92 Å². The van der Waals surface area contributed by atoms with E-state index in [1.54, 1.807) is 14.2 Å². The van der Waals surface area contributed by atoms with Crippen molar-refractivity contribution in [2.24, 2.45) is 0 Å². The van der Waals surface area contributed by atoms with E-state index in [4.69, 9.17) is 14.2 Å². The first-order valence-electron chi connectivity index (χ1n) is 9.14. The second-order valence-electron chi connectivity index (χ2n) is 6.52. The summed E-state index contributed by atoms with van der Waals surface area (Å²) in [4.78, 5) is 8.76. The second-order valence-corrected chi connectivity index (χ2v) is 6.52. The lowest BCUT2D eigenvalue weighted by Crippen LogP contribution is -1.98. The van der Waals surface area contributed by atoms with Crippen LogP contribution in [0, 0.1) is 6.92 Å². The number of hydrogen-bond donors (Lipinski definition) is 1. The van der Waals surface area contributed by atoms with Gasteiger partial charge in [-0.1, -0.05) is 18.2 Å². The molecular weight excluding hydrogens is 366 g/mol. The summed E-state index contributed by atoms with van der Waals surface area (Å²) in [7, 11) is 3.21. The van der Waals surface area contributed by atoms with Crippen molar-refractivity contribution in [1.29, 1.82) is 0 Å². The normalized spacial score (nSPS) is 10.6. The highest BCUT2D eigenvalue weighted by atomic mass is 16.5. The first kappa shape index (κ1) is 18.6. The van der Waals surface area contributed by atoms with Gasteiger partial charge in [0, 0.05) is 23.2 Å². The topological polar surface area (TPSA) is 65.5 Å². The first-order valence-corrected chi connectivity index (χ1v) is 9.14. The van der Waals surface area contributed by atoms with Gasteiger partial charge in [0.15, 0.2) is 11.5 Å². The van der Waals surface area contributed by atoms with Gasteiger partial charge in [-0.25, -0.2) is 9.97 Å². The van der Waals surface area contributed by atoms with Gasteiger partial charge in [0.05, 0.1) is 19.7 Å². The number of fused-ring (bicyclic) bond motifs is 1. The van der Waals surface area contributed by atoms with E-state index in [-0.39, 0.29) is 0 Å². The summed E-state index contributed by atoms with van der Waals surface area (Å²) in [5, 5.41) is 4.21. The standard InChI is InChI=1S/C23H21N3O3/c1-15-9-16(11-18(10-15)29-17-7-5-4-6-8-17)26-23-19-12-21(27-2)22(28-3)13-20(19)24-14-25-23/h4-14H,1-3H3,(H,24,25,26). The van der Waals surface area contributed by atoms with Gasteiger partial charge in [-0.2, -0.15) is 0 Å². The summed E-state index contributed by atoms with van der Waals surface area (Å²) in [6, 6.07) is 19.4. The number of benzene rings is 3. The van der Waals surface area contributed by atoms with Gasteiger partial charge in [0.1, 0.15) is 23.6 Å². The van der Waals surface area contributed by atoms with Crippen LogP contribution in [0.1, 0.15) is 5.56 Å². The molecule has 146 valence electrons. The van der Waals surface area contributed by atoms with Crippen LogP contribution in [0.4, 0.5) is 11.5 Å². The van der Waals surface area contributed by atoms with Gasteiger partial charge < -0.3 is 19.5 Å². The summed E-state index contributed by atoms with van der Waals surface area (Å²) in [5.74, 6) is 3.45. The molecule has 0 atom stereocenters. The third-order valence-electron chi connectivity index (χ3n) is 4.43. The highest BCUT2D eigenvalue weighted by Gasteiger charge is 2.12. The average Bonchev–Trinajstić information content (AvgIpc) is 2.73. The number of nitrogens with one attached hydrogen (secondary N) is 1. The van der Waals surface area contributed by atoms with E-state index in [0.717, 1.165) is 33.7 Å². The molecule has 29 heavy (non-hydrogen) atoms. The molecule has 0 aliphatic rings. The van der Waals surface area contributed by atoms with Gasteiger partial charge in [-0.3, -0.25) is 0 Å². The molecule has 0 aliphatic heterocycles. The Morgan fingerprint density at radius 1 is 0.793 bits per heavy atom. The highest BCUT2D eigenvalue weighted by Crippen LogP contribution is 2.35. The summed E-state index contributed by atoms with van der Waals surface area (Å²) < 4.78 is 16.8.